The molecule has 13 heavy (non-hydrogen) atoms. The van der Waals surface area contributed by atoms with Crippen molar-refractivity contribution in [2.24, 2.45) is 17.4 Å². The van der Waals surface area contributed by atoms with E-state index in [0.717, 1.165) is 12.8 Å². The number of amides is 1. The van der Waals surface area contributed by atoms with Crippen LogP contribution < -0.4 is 16.8 Å². The van der Waals surface area contributed by atoms with E-state index in [4.69, 9.17) is 11.5 Å². The van der Waals surface area contributed by atoms with Crippen LogP contribution >= 0.6 is 0 Å². The Morgan fingerprint density at radius 2 is 2.00 bits per heavy atom. The van der Waals surface area contributed by atoms with Crippen LogP contribution in [0.1, 0.15) is 26.7 Å². The van der Waals surface area contributed by atoms with Gasteiger partial charge in [-0.1, -0.05) is 6.92 Å². The molecule has 1 amide bonds. The van der Waals surface area contributed by atoms with E-state index in [-0.39, 0.29) is 17.9 Å². The van der Waals surface area contributed by atoms with Crippen molar-refractivity contribution < 1.29 is 4.79 Å². The van der Waals surface area contributed by atoms with Crippen molar-refractivity contribution >= 4 is 5.91 Å². The van der Waals surface area contributed by atoms with Crippen LogP contribution in [0.5, 0.6) is 0 Å². The Morgan fingerprint density at radius 1 is 1.38 bits per heavy atom. The summed E-state index contributed by atoms with van der Waals surface area (Å²) in [6.45, 7) is 5.05. The summed E-state index contributed by atoms with van der Waals surface area (Å²) in [5.74, 6) is -0.0788. The molecule has 0 aliphatic carbocycles. The average Bonchev–Trinajstić information content (AvgIpc) is 2.10. The fourth-order valence-corrected chi connectivity index (χ4v) is 0.881. The second kappa shape index (κ2) is 6.86. The Bertz CT molecular complexity index is 148. The van der Waals surface area contributed by atoms with E-state index in [2.05, 4.69) is 5.32 Å². The maximum absolute atomic E-state index is 11.3. The van der Waals surface area contributed by atoms with Gasteiger partial charge in [-0.15, -0.1) is 0 Å². The van der Waals surface area contributed by atoms with Crippen LogP contribution in [-0.4, -0.2) is 25.0 Å². The molecule has 0 aliphatic heterocycles. The van der Waals surface area contributed by atoms with Crippen molar-refractivity contribution in [3.05, 3.63) is 0 Å². The van der Waals surface area contributed by atoms with E-state index >= 15 is 0 Å². The van der Waals surface area contributed by atoms with Crippen LogP contribution in [0, 0.1) is 5.92 Å². The molecule has 0 aromatic carbocycles. The average molecular weight is 187 g/mol. The van der Waals surface area contributed by atoms with Crippen LogP contribution in [0.2, 0.25) is 0 Å². The fraction of sp³-hybridized carbons (Fsp3) is 0.889. The van der Waals surface area contributed by atoms with Crippen LogP contribution in [0.25, 0.3) is 0 Å². The van der Waals surface area contributed by atoms with Crippen LogP contribution in [0.15, 0.2) is 0 Å². The van der Waals surface area contributed by atoms with Gasteiger partial charge in [0.05, 0.1) is 0 Å². The molecule has 0 saturated heterocycles. The molecule has 0 spiro atoms. The molecular weight excluding hydrogens is 166 g/mol. The van der Waals surface area contributed by atoms with E-state index in [0.29, 0.717) is 13.1 Å². The minimum absolute atomic E-state index is 0.0343. The van der Waals surface area contributed by atoms with Gasteiger partial charge in [0, 0.05) is 18.5 Å². The maximum atomic E-state index is 11.3. The van der Waals surface area contributed by atoms with E-state index in [9.17, 15) is 4.79 Å². The number of hydrogen-bond donors (Lipinski definition) is 3. The van der Waals surface area contributed by atoms with E-state index in [1.165, 1.54) is 0 Å². The number of unbranched alkanes of at least 4 members (excludes halogenated alkanes) is 1. The van der Waals surface area contributed by atoms with Crippen molar-refractivity contribution in [2.45, 2.75) is 32.7 Å². The third-order valence-electron chi connectivity index (χ3n) is 2.13. The van der Waals surface area contributed by atoms with Crippen molar-refractivity contribution in [2.75, 3.05) is 13.1 Å². The lowest BCUT2D eigenvalue weighted by atomic mass is 10.0. The van der Waals surface area contributed by atoms with E-state index in [1.54, 1.807) is 0 Å². The number of hydrogen-bond acceptors (Lipinski definition) is 3. The molecule has 2 unspecified atom stereocenters. The lowest BCUT2D eigenvalue weighted by Gasteiger charge is -2.14. The number of nitrogens with two attached hydrogens (primary N) is 2. The summed E-state index contributed by atoms with van der Waals surface area (Å²) >= 11 is 0. The van der Waals surface area contributed by atoms with Crippen LogP contribution in [0.4, 0.5) is 0 Å². The molecule has 2 atom stereocenters. The number of rotatable bonds is 6. The molecular formula is C9H21N3O. The molecule has 0 aromatic heterocycles. The summed E-state index contributed by atoms with van der Waals surface area (Å²) in [4.78, 5) is 11.3. The Balaban J connectivity index is 3.50. The lowest BCUT2D eigenvalue weighted by Crippen LogP contribution is -2.39. The molecule has 4 heteroatoms. The van der Waals surface area contributed by atoms with Crippen molar-refractivity contribution in [3.63, 3.8) is 0 Å². The standard InChI is InChI=1S/C9H21N3O/c1-7(8(2)11)9(13)12-6-4-3-5-10/h7-8H,3-6,10-11H2,1-2H3,(H,12,13). The largest absolute Gasteiger partial charge is 0.356 e. The first kappa shape index (κ1) is 12.4. The molecule has 78 valence electrons. The van der Waals surface area contributed by atoms with Gasteiger partial charge in [-0.25, -0.2) is 0 Å². The second-order valence-corrected chi connectivity index (χ2v) is 3.43. The highest BCUT2D eigenvalue weighted by molar-refractivity contribution is 5.78. The summed E-state index contributed by atoms with van der Waals surface area (Å²) in [5.41, 5.74) is 10.9. The second-order valence-electron chi connectivity index (χ2n) is 3.43. The summed E-state index contributed by atoms with van der Waals surface area (Å²) in [5, 5.41) is 2.82. The molecule has 0 heterocycles. The lowest BCUT2D eigenvalue weighted by molar-refractivity contribution is -0.124. The molecule has 0 fully saturated rings. The van der Waals surface area contributed by atoms with Gasteiger partial charge in [0.25, 0.3) is 0 Å². The summed E-state index contributed by atoms with van der Waals surface area (Å²) in [6.07, 6.45) is 1.89. The number of carbonyl (C=O) groups is 1. The fourth-order valence-electron chi connectivity index (χ4n) is 0.881. The smallest absolute Gasteiger partial charge is 0.224 e. The quantitative estimate of drug-likeness (QED) is 0.505. The Labute approximate surface area is 80.0 Å². The maximum Gasteiger partial charge on any atom is 0.224 e. The molecule has 0 radical (unpaired) electrons. The highest BCUT2D eigenvalue weighted by Crippen LogP contribution is 1.99. The monoisotopic (exact) mass is 187 g/mol. The van der Waals surface area contributed by atoms with Crippen LogP contribution in [-0.2, 0) is 4.79 Å². The first-order valence-electron chi connectivity index (χ1n) is 4.83. The van der Waals surface area contributed by atoms with Gasteiger partial charge < -0.3 is 16.8 Å². The van der Waals surface area contributed by atoms with E-state index < -0.39 is 0 Å². The van der Waals surface area contributed by atoms with Gasteiger partial charge in [-0.3, -0.25) is 4.79 Å². The van der Waals surface area contributed by atoms with Gasteiger partial charge in [0.1, 0.15) is 0 Å². The minimum atomic E-state index is -0.113. The van der Waals surface area contributed by atoms with E-state index in [1.807, 2.05) is 13.8 Å². The van der Waals surface area contributed by atoms with Crippen molar-refractivity contribution in [1.29, 1.82) is 0 Å². The third-order valence-corrected chi connectivity index (χ3v) is 2.13. The topological polar surface area (TPSA) is 81.1 Å². The molecule has 5 N–H and O–H groups in total. The van der Waals surface area contributed by atoms with Gasteiger partial charge >= 0.3 is 0 Å². The summed E-state index contributed by atoms with van der Waals surface area (Å²) in [7, 11) is 0. The minimum Gasteiger partial charge on any atom is -0.356 e. The zero-order valence-corrected chi connectivity index (χ0v) is 8.55. The third kappa shape index (κ3) is 5.60. The Morgan fingerprint density at radius 3 is 2.46 bits per heavy atom. The first-order chi connectivity index (χ1) is 6.09. The van der Waals surface area contributed by atoms with Crippen LogP contribution in [0.3, 0.4) is 0 Å². The first-order valence-corrected chi connectivity index (χ1v) is 4.83. The van der Waals surface area contributed by atoms with Crippen molar-refractivity contribution in [1.82, 2.24) is 5.32 Å². The summed E-state index contributed by atoms with van der Waals surface area (Å²) < 4.78 is 0. The Hall–Kier alpha value is -0.610. The predicted octanol–water partition coefficient (Wildman–Crippen LogP) is -0.175. The van der Waals surface area contributed by atoms with Crippen molar-refractivity contribution in [3.8, 4) is 0 Å². The molecule has 0 saturated carbocycles. The molecule has 0 aliphatic rings. The Kier molecular flexibility index (Phi) is 6.54. The van der Waals surface area contributed by atoms with Gasteiger partial charge in [-0.05, 0) is 26.3 Å². The normalized spacial score (nSPS) is 15.1. The van der Waals surface area contributed by atoms with Gasteiger partial charge in [0.2, 0.25) is 5.91 Å². The SMILES string of the molecule is CC(N)C(C)C(=O)NCCCCN. The molecule has 0 bridgehead atoms. The number of nitrogens with one attached hydrogen (secondary N) is 1. The molecule has 4 nitrogen and oxygen atoms in total. The zero-order valence-electron chi connectivity index (χ0n) is 8.55. The van der Waals surface area contributed by atoms with Gasteiger partial charge in [-0.2, -0.15) is 0 Å². The van der Waals surface area contributed by atoms with Gasteiger partial charge in [0.15, 0.2) is 0 Å². The number of carbonyl (C=O) groups excluding carboxylic acids is 1. The highest BCUT2D eigenvalue weighted by atomic mass is 16.1. The predicted molar refractivity (Wildman–Crippen MR) is 54.1 cm³/mol. The zero-order chi connectivity index (χ0) is 10.3. The molecule has 0 rings (SSSR count). The summed E-state index contributed by atoms with van der Waals surface area (Å²) in [6, 6.07) is -0.0884. The highest BCUT2D eigenvalue weighted by Gasteiger charge is 2.15. The molecule has 0 aromatic rings.